The van der Waals surface area contributed by atoms with Gasteiger partial charge in [-0.1, -0.05) is 0 Å². The molecule has 11 nitrogen and oxygen atoms in total. The molecule has 1 unspecified atom stereocenters. The SMILES string of the molecule is COc1cc(-c2cc(C(=O)N3CCC(C(=O)N[C@H]4COC[C@H]4N4CCOCC4)CC34CC4)n[nH]2)c(F)cn1. The largest absolute Gasteiger partial charge is 0.481 e. The van der Waals surface area contributed by atoms with Crippen molar-refractivity contribution >= 4 is 11.8 Å². The van der Waals surface area contributed by atoms with E-state index in [9.17, 15) is 14.0 Å². The lowest BCUT2D eigenvalue weighted by Gasteiger charge is -2.40. The molecule has 38 heavy (non-hydrogen) atoms. The highest BCUT2D eigenvalue weighted by Gasteiger charge is 2.55. The number of nitrogens with one attached hydrogen (secondary N) is 2. The van der Waals surface area contributed by atoms with Crippen LogP contribution in [0, 0.1) is 11.7 Å². The minimum atomic E-state index is -0.539. The minimum Gasteiger partial charge on any atom is -0.481 e. The molecule has 4 fully saturated rings. The fourth-order valence-corrected chi connectivity index (χ4v) is 6.05. The molecule has 5 heterocycles. The third kappa shape index (κ3) is 4.76. The predicted molar refractivity (Wildman–Crippen MR) is 133 cm³/mol. The van der Waals surface area contributed by atoms with E-state index in [0.717, 1.165) is 32.1 Å². The van der Waals surface area contributed by atoms with Crippen LogP contribution in [0.3, 0.4) is 0 Å². The molecule has 0 radical (unpaired) electrons. The molecule has 3 aliphatic heterocycles. The minimum absolute atomic E-state index is 0.0369. The molecule has 2 N–H and O–H groups in total. The van der Waals surface area contributed by atoms with Crippen LogP contribution in [0.5, 0.6) is 5.88 Å². The Morgan fingerprint density at radius 3 is 2.76 bits per heavy atom. The van der Waals surface area contributed by atoms with Gasteiger partial charge in [-0.15, -0.1) is 0 Å². The number of ether oxygens (including phenoxy) is 3. The van der Waals surface area contributed by atoms with E-state index in [1.165, 1.54) is 13.2 Å². The van der Waals surface area contributed by atoms with Gasteiger partial charge in [0.25, 0.3) is 5.91 Å². The van der Waals surface area contributed by atoms with Gasteiger partial charge in [-0.05, 0) is 31.7 Å². The van der Waals surface area contributed by atoms with Crippen molar-refractivity contribution in [3.63, 3.8) is 0 Å². The van der Waals surface area contributed by atoms with Gasteiger partial charge in [-0.3, -0.25) is 19.6 Å². The quantitative estimate of drug-likeness (QED) is 0.574. The lowest BCUT2D eigenvalue weighted by Crippen LogP contribution is -2.56. The number of aromatic nitrogens is 3. The molecular weight excluding hydrogens is 495 g/mol. The summed E-state index contributed by atoms with van der Waals surface area (Å²) in [5.74, 6) is -0.590. The molecule has 0 bridgehead atoms. The third-order valence-electron chi connectivity index (χ3n) is 8.36. The number of hydrogen-bond acceptors (Lipinski definition) is 8. The summed E-state index contributed by atoms with van der Waals surface area (Å²) in [6.45, 7) is 4.71. The number of halogens is 1. The molecule has 1 spiro atoms. The highest BCUT2D eigenvalue weighted by atomic mass is 19.1. The Balaban J connectivity index is 1.10. The van der Waals surface area contributed by atoms with Crippen molar-refractivity contribution in [2.75, 3.05) is 53.2 Å². The first-order chi connectivity index (χ1) is 18.5. The maximum absolute atomic E-state index is 14.4. The number of aromatic amines is 1. The van der Waals surface area contributed by atoms with Gasteiger partial charge in [-0.25, -0.2) is 9.37 Å². The van der Waals surface area contributed by atoms with Crippen molar-refractivity contribution in [3.8, 4) is 17.1 Å². The molecule has 3 saturated heterocycles. The van der Waals surface area contributed by atoms with Crippen molar-refractivity contribution in [3.05, 3.63) is 29.8 Å². The maximum atomic E-state index is 14.4. The second kappa shape index (κ2) is 10.2. The van der Waals surface area contributed by atoms with Crippen molar-refractivity contribution in [1.29, 1.82) is 0 Å². The lowest BCUT2D eigenvalue weighted by atomic mass is 9.87. The van der Waals surface area contributed by atoms with Gasteiger partial charge in [0.1, 0.15) is 0 Å². The fraction of sp³-hybridized carbons (Fsp3) is 0.615. The summed E-state index contributed by atoms with van der Waals surface area (Å²) < 4.78 is 30.6. The monoisotopic (exact) mass is 528 g/mol. The summed E-state index contributed by atoms with van der Waals surface area (Å²) in [5.41, 5.74) is 0.503. The van der Waals surface area contributed by atoms with Crippen LogP contribution in [-0.4, -0.2) is 108 Å². The Kier molecular flexibility index (Phi) is 6.79. The third-order valence-corrected chi connectivity index (χ3v) is 8.36. The molecule has 2 amide bonds. The van der Waals surface area contributed by atoms with Crippen LogP contribution in [0.15, 0.2) is 18.3 Å². The number of rotatable bonds is 6. The number of methoxy groups -OCH3 is 1. The zero-order valence-electron chi connectivity index (χ0n) is 21.5. The van der Waals surface area contributed by atoms with Crippen molar-refractivity contribution < 1.29 is 28.2 Å². The number of hydrogen-bond donors (Lipinski definition) is 2. The van der Waals surface area contributed by atoms with E-state index < -0.39 is 5.82 Å². The maximum Gasteiger partial charge on any atom is 0.274 e. The normalized spacial score (nSPS) is 26.9. The molecule has 6 rings (SSSR count). The predicted octanol–water partition coefficient (Wildman–Crippen LogP) is 1.22. The van der Waals surface area contributed by atoms with Crippen LogP contribution in [0.4, 0.5) is 4.39 Å². The molecule has 12 heteroatoms. The Morgan fingerprint density at radius 1 is 1.18 bits per heavy atom. The van der Waals surface area contributed by atoms with Gasteiger partial charge < -0.3 is 24.4 Å². The average Bonchev–Trinajstić information content (AvgIpc) is 3.31. The van der Waals surface area contributed by atoms with Crippen LogP contribution in [-0.2, 0) is 14.3 Å². The highest BCUT2D eigenvalue weighted by molar-refractivity contribution is 5.94. The first kappa shape index (κ1) is 25.2. The summed E-state index contributed by atoms with van der Waals surface area (Å²) in [5, 5.41) is 10.2. The molecule has 204 valence electrons. The molecule has 1 saturated carbocycles. The van der Waals surface area contributed by atoms with E-state index in [1.807, 2.05) is 4.90 Å². The van der Waals surface area contributed by atoms with Crippen LogP contribution in [0.1, 0.15) is 36.2 Å². The lowest BCUT2D eigenvalue weighted by molar-refractivity contribution is -0.128. The smallest absolute Gasteiger partial charge is 0.274 e. The fourth-order valence-electron chi connectivity index (χ4n) is 6.05. The number of carbonyl (C=O) groups is 2. The average molecular weight is 529 g/mol. The van der Waals surface area contributed by atoms with Crippen molar-refractivity contribution in [1.82, 2.24) is 30.3 Å². The molecular formula is C26H33FN6O5. The number of piperidine rings is 1. The Hall–Kier alpha value is -3.09. The molecule has 0 aromatic carbocycles. The summed E-state index contributed by atoms with van der Waals surface area (Å²) in [7, 11) is 1.45. The number of morpholine rings is 1. The second-order valence-corrected chi connectivity index (χ2v) is 10.6. The first-order valence-corrected chi connectivity index (χ1v) is 13.2. The second-order valence-electron chi connectivity index (χ2n) is 10.6. The zero-order chi connectivity index (χ0) is 26.3. The molecule has 4 aliphatic rings. The van der Waals surface area contributed by atoms with Crippen LogP contribution in [0.2, 0.25) is 0 Å². The summed E-state index contributed by atoms with van der Waals surface area (Å²) in [6.07, 6.45) is 4.01. The topological polar surface area (TPSA) is 122 Å². The van der Waals surface area contributed by atoms with Gasteiger partial charge in [0.15, 0.2) is 11.5 Å². The van der Waals surface area contributed by atoms with E-state index in [4.69, 9.17) is 14.2 Å². The van der Waals surface area contributed by atoms with Gasteiger partial charge in [0, 0.05) is 42.7 Å². The summed E-state index contributed by atoms with van der Waals surface area (Å²) >= 11 is 0. The van der Waals surface area contributed by atoms with Crippen LogP contribution in [0.25, 0.3) is 11.3 Å². The van der Waals surface area contributed by atoms with E-state index in [-0.39, 0.29) is 52.5 Å². The van der Waals surface area contributed by atoms with Crippen molar-refractivity contribution in [2.45, 2.75) is 43.3 Å². The van der Waals surface area contributed by atoms with E-state index in [1.54, 1.807) is 6.07 Å². The summed E-state index contributed by atoms with van der Waals surface area (Å²) in [6, 6.07) is 3.15. The van der Waals surface area contributed by atoms with Gasteiger partial charge >= 0.3 is 0 Å². The summed E-state index contributed by atoms with van der Waals surface area (Å²) in [4.78, 5) is 34.8. The Morgan fingerprint density at radius 2 is 2.00 bits per heavy atom. The van der Waals surface area contributed by atoms with Crippen molar-refractivity contribution in [2.24, 2.45) is 5.92 Å². The molecule has 1 aliphatic carbocycles. The molecule has 2 aromatic rings. The molecule has 3 atom stereocenters. The molecule has 2 aromatic heterocycles. The van der Waals surface area contributed by atoms with E-state index >= 15 is 0 Å². The van der Waals surface area contributed by atoms with Gasteiger partial charge in [0.2, 0.25) is 11.8 Å². The van der Waals surface area contributed by atoms with E-state index in [0.29, 0.717) is 51.5 Å². The number of amides is 2. The number of carbonyl (C=O) groups excluding carboxylic acids is 2. The first-order valence-electron chi connectivity index (χ1n) is 13.2. The Labute approximate surface area is 220 Å². The number of likely N-dealkylation sites (tertiary alicyclic amines) is 1. The van der Waals surface area contributed by atoms with Crippen LogP contribution >= 0.6 is 0 Å². The number of nitrogens with zero attached hydrogens (tertiary/aromatic N) is 4. The zero-order valence-corrected chi connectivity index (χ0v) is 21.5. The van der Waals surface area contributed by atoms with Gasteiger partial charge in [0.05, 0.1) is 57.5 Å². The van der Waals surface area contributed by atoms with Crippen LogP contribution < -0.4 is 10.1 Å². The van der Waals surface area contributed by atoms with E-state index in [2.05, 4.69) is 25.4 Å². The standard InChI is InChI=1S/C26H33FN6O5/c1-36-23-10-17(18(27)13-28-23)19-11-20(31-30-19)25(35)33-5-2-16(12-26(33)3-4-26)24(34)29-21-14-38-15-22(21)32-6-8-37-9-7-32/h10-11,13,16,21-22H,2-9,12,14-15H2,1H3,(H,29,34)(H,30,31)/t16?,21-,22+/m0/s1. The number of H-pyrrole nitrogens is 1. The number of pyridine rings is 1. The highest BCUT2D eigenvalue weighted by Crippen LogP contribution is 2.50. The van der Waals surface area contributed by atoms with Gasteiger partial charge in [-0.2, -0.15) is 5.10 Å². The Bertz CT molecular complexity index is 1200.